The zero-order valence-corrected chi connectivity index (χ0v) is 11.3. The highest BCUT2D eigenvalue weighted by Gasteiger charge is 2.11. The zero-order chi connectivity index (χ0) is 13.1. The number of hydrogen-bond acceptors (Lipinski definition) is 1. The van der Waals surface area contributed by atoms with Crippen molar-refractivity contribution >= 4 is 21.6 Å². The van der Waals surface area contributed by atoms with Gasteiger partial charge in [-0.1, -0.05) is 15.9 Å². The summed E-state index contributed by atoms with van der Waals surface area (Å²) >= 11 is 3.32. The van der Waals surface area contributed by atoms with E-state index in [1.165, 1.54) is 18.2 Å². The standard InChI is InChI=1S/C14H12BrF2N/c1-9(13-8-10(15)2-7-14(13)17)18-12-5-3-11(16)4-6-12/h2-9,18H,1H3. The van der Waals surface area contributed by atoms with Crippen LogP contribution in [-0.2, 0) is 0 Å². The topological polar surface area (TPSA) is 12.0 Å². The van der Waals surface area contributed by atoms with Crippen LogP contribution in [0, 0.1) is 11.6 Å². The third-order valence-electron chi connectivity index (χ3n) is 2.65. The van der Waals surface area contributed by atoms with Crippen molar-refractivity contribution in [1.82, 2.24) is 0 Å². The average Bonchev–Trinajstić information content (AvgIpc) is 2.35. The predicted octanol–water partition coefficient (Wildman–Crippen LogP) is 4.90. The maximum Gasteiger partial charge on any atom is 0.128 e. The van der Waals surface area contributed by atoms with E-state index in [-0.39, 0.29) is 17.7 Å². The fourth-order valence-electron chi connectivity index (χ4n) is 1.72. The first-order valence-corrected chi connectivity index (χ1v) is 6.32. The van der Waals surface area contributed by atoms with Crippen LogP contribution in [0.1, 0.15) is 18.5 Å². The zero-order valence-electron chi connectivity index (χ0n) is 9.75. The molecule has 0 aliphatic rings. The summed E-state index contributed by atoms with van der Waals surface area (Å²) in [5.41, 5.74) is 1.32. The number of nitrogens with one attached hydrogen (secondary N) is 1. The molecule has 94 valence electrons. The minimum absolute atomic E-state index is 0.201. The van der Waals surface area contributed by atoms with E-state index in [2.05, 4.69) is 21.2 Å². The van der Waals surface area contributed by atoms with Crippen LogP contribution in [0.3, 0.4) is 0 Å². The second-order valence-electron chi connectivity index (χ2n) is 4.04. The molecule has 0 heterocycles. The Kier molecular flexibility index (Phi) is 3.97. The molecule has 0 saturated carbocycles. The lowest BCUT2D eigenvalue weighted by atomic mass is 10.1. The summed E-state index contributed by atoms with van der Waals surface area (Å²) in [6, 6.07) is 10.6. The first-order chi connectivity index (χ1) is 8.56. The summed E-state index contributed by atoms with van der Waals surface area (Å²) < 4.78 is 27.3. The fraction of sp³-hybridized carbons (Fsp3) is 0.143. The van der Waals surface area contributed by atoms with Gasteiger partial charge in [0.25, 0.3) is 0 Å². The average molecular weight is 312 g/mol. The number of anilines is 1. The number of hydrogen-bond donors (Lipinski definition) is 1. The summed E-state index contributed by atoms with van der Waals surface area (Å²) in [6.45, 7) is 1.86. The van der Waals surface area contributed by atoms with Crippen LogP contribution in [-0.4, -0.2) is 0 Å². The molecular formula is C14H12BrF2N. The maximum absolute atomic E-state index is 13.7. The van der Waals surface area contributed by atoms with Gasteiger partial charge in [0.2, 0.25) is 0 Å². The van der Waals surface area contributed by atoms with Gasteiger partial charge >= 0.3 is 0 Å². The van der Waals surface area contributed by atoms with Gasteiger partial charge in [0, 0.05) is 15.7 Å². The van der Waals surface area contributed by atoms with Crippen molar-refractivity contribution in [2.45, 2.75) is 13.0 Å². The third kappa shape index (κ3) is 3.07. The van der Waals surface area contributed by atoms with E-state index in [1.807, 2.05) is 6.92 Å². The highest BCUT2D eigenvalue weighted by Crippen LogP contribution is 2.24. The van der Waals surface area contributed by atoms with Crippen molar-refractivity contribution < 1.29 is 8.78 Å². The molecule has 0 bridgehead atoms. The van der Waals surface area contributed by atoms with Gasteiger partial charge in [-0.05, 0) is 49.4 Å². The van der Waals surface area contributed by atoms with Gasteiger partial charge in [-0.25, -0.2) is 8.78 Å². The minimum Gasteiger partial charge on any atom is -0.378 e. The Balaban J connectivity index is 2.18. The molecule has 2 rings (SSSR count). The molecule has 0 aromatic heterocycles. The number of halogens is 3. The van der Waals surface area contributed by atoms with E-state index in [0.717, 1.165) is 10.2 Å². The molecule has 18 heavy (non-hydrogen) atoms. The smallest absolute Gasteiger partial charge is 0.128 e. The molecule has 2 aromatic rings. The summed E-state index contributed by atoms with van der Waals surface area (Å²) in [7, 11) is 0. The van der Waals surface area contributed by atoms with Gasteiger partial charge < -0.3 is 5.32 Å². The van der Waals surface area contributed by atoms with Gasteiger partial charge in [-0.3, -0.25) is 0 Å². The Morgan fingerprint density at radius 1 is 1.06 bits per heavy atom. The van der Waals surface area contributed by atoms with Crippen molar-refractivity contribution in [3.8, 4) is 0 Å². The van der Waals surface area contributed by atoms with E-state index in [9.17, 15) is 8.78 Å². The van der Waals surface area contributed by atoms with Gasteiger partial charge in [0.05, 0.1) is 6.04 Å². The largest absolute Gasteiger partial charge is 0.378 e. The first-order valence-electron chi connectivity index (χ1n) is 5.53. The Labute approximate surface area is 113 Å². The van der Waals surface area contributed by atoms with E-state index in [1.54, 1.807) is 24.3 Å². The molecule has 1 nitrogen and oxygen atoms in total. The van der Waals surface area contributed by atoms with Gasteiger partial charge in [-0.2, -0.15) is 0 Å². The van der Waals surface area contributed by atoms with Crippen LogP contribution in [0.4, 0.5) is 14.5 Å². The van der Waals surface area contributed by atoms with Crippen LogP contribution in [0.5, 0.6) is 0 Å². The highest BCUT2D eigenvalue weighted by atomic mass is 79.9. The molecule has 0 aliphatic carbocycles. The molecule has 4 heteroatoms. The molecular weight excluding hydrogens is 300 g/mol. The van der Waals surface area contributed by atoms with Crippen LogP contribution in [0.2, 0.25) is 0 Å². The van der Waals surface area contributed by atoms with E-state index < -0.39 is 0 Å². The lowest BCUT2D eigenvalue weighted by Crippen LogP contribution is -2.08. The van der Waals surface area contributed by atoms with Gasteiger partial charge in [-0.15, -0.1) is 0 Å². The quantitative estimate of drug-likeness (QED) is 0.850. The maximum atomic E-state index is 13.7. The molecule has 0 aliphatic heterocycles. The second-order valence-corrected chi connectivity index (χ2v) is 4.95. The molecule has 1 unspecified atom stereocenters. The molecule has 0 radical (unpaired) electrons. The summed E-state index contributed by atoms with van der Waals surface area (Å²) in [5.74, 6) is -0.554. The molecule has 0 spiro atoms. The molecule has 0 amide bonds. The normalized spacial score (nSPS) is 12.2. The highest BCUT2D eigenvalue weighted by molar-refractivity contribution is 9.10. The lowest BCUT2D eigenvalue weighted by Gasteiger charge is -2.16. The van der Waals surface area contributed by atoms with Gasteiger partial charge in [0.1, 0.15) is 11.6 Å². The monoisotopic (exact) mass is 311 g/mol. The molecule has 0 fully saturated rings. The van der Waals surface area contributed by atoms with E-state index in [0.29, 0.717) is 5.56 Å². The summed E-state index contributed by atoms with van der Waals surface area (Å²) in [5, 5.41) is 3.13. The van der Waals surface area contributed by atoms with Crippen LogP contribution in [0.15, 0.2) is 46.9 Å². The molecule has 0 saturated heterocycles. The Morgan fingerprint density at radius 2 is 1.72 bits per heavy atom. The molecule has 1 N–H and O–H groups in total. The Bertz CT molecular complexity index is 540. The number of benzene rings is 2. The molecule has 2 aromatic carbocycles. The fourth-order valence-corrected chi connectivity index (χ4v) is 2.10. The second kappa shape index (κ2) is 5.48. The van der Waals surface area contributed by atoms with Crippen LogP contribution < -0.4 is 5.32 Å². The minimum atomic E-state index is -0.290. The van der Waals surface area contributed by atoms with Crippen LogP contribution >= 0.6 is 15.9 Å². The van der Waals surface area contributed by atoms with Crippen molar-refractivity contribution in [2.24, 2.45) is 0 Å². The molecule has 1 atom stereocenters. The lowest BCUT2D eigenvalue weighted by molar-refractivity contribution is 0.599. The first kappa shape index (κ1) is 13.0. The Morgan fingerprint density at radius 3 is 2.39 bits per heavy atom. The van der Waals surface area contributed by atoms with Crippen molar-refractivity contribution in [3.63, 3.8) is 0 Å². The predicted molar refractivity (Wildman–Crippen MR) is 72.5 cm³/mol. The van der Waals surface area contributed by atoms with E-state index in [4.69, 9.17) is 0 Å². The third-order valence-corrected chi connectivity index (χ3v) is 3.15. The summed E-state index contributed by atoms with van der Waals surface area (Å²) in [6.07, 6.45) is 0. The SMILES string of the molecule is CC(Nc1ccc(F)cc1)c1cc(Br)ccc1F. The van der Waals surface area contributed by atoms with Crippen LogP contribution in [0.25, 0.3) is 0 Å². The van der Waals surface area contributed by atoms with Crippen molar-refractivity contribution in [1.29, 1.82) is 0 Å². The number of rotatable bonds is 3. The Hall–Kier alpha value is -1.42. The van der Waals surface area contributed by atoms with E-state index >= 15 is 0 Å². The van der Waals surface area contributed by atoms with Gasteiger partial charge in [0.15, 0.2) is 0 Å². The van der Waals surface area contributed by atoms with Crippen molar-refractivity contribution in [2.75, 3.05) is 5.32 Å². The van der Waals surface area contributed by atoms with Crippen molar-refractivity contribution in [3.05, 3.63) is 64.1 Å². The summed E-state index contributed by atoms with van der Waals surface area (Å²) in [4.78, 5) is 0.